The highest BCUT2D eigenvalue weighted by atomic mass is 16.5. The van der Waals surface area contributed by atoms with E-state index in [-0.39, 0.29) is 5.78 Å². The molecule has 2 aromatic carbocycles. The molecule has 3 aromatic rings. The van der Waals surface area contributed by atoms with Crippen molar-refractivity contribution in [1.29, 1.82) is 0 Å². The summed E-state index contributed by atoms with van der Waals surface area (Å²) in [6, 6.07) is 19.8. The lowest BCUT2D eigenvalue weighted by Gasteiger charge is -2.08. The van der Waals surface area contributed by atoms with E-state index in [1.807, 2.05) is 60.8 Å². The summed E-state index contributed by atoms with van der Waals surface area (Å²) in [6.07, 6.45) is 6.71. The van der Waals surface area contributed by atoms with Crippen LogP contribution in [0.25, 0.3) is 22.4 Å². The Labute approximate surface area is 167 Å². The normalized spacial score (nSPS) is 10.6. The van der Waals surface area contributed by atoms with Crippen molar-refractivity contribution in [2.45, 2.75) is 39.5 Å². The van der Waals surface area contributed by atoms with Gasteiger partial charge >= 0.3 is 0 Å². The van der Waals surface area contributed by atoms with Gasteiger partial charge in [0.2, 0.25) is 0 Å². The zero-order valence-corrected chi connectivity index (χ0v) is 16.7. The Morgan fingerprint density at radius 1 is 0.821 bits per heavy atom. The zero-order valence-electron chi connectivity index (χ0n) is 16.7. The van der Waals surface area contributed by atoms with E-state index < -0.39 is 0 Å². The molecule has 28 heavy (non-hydrogen) atoms. The molecular weight excluding hydrogens is 346 g/mol. The van der Waals surface area contributed by atoms with E-state index in [0.29, 0.717) is 0 Å². The van der Waals surface area contributed by atoms with Crippen LogP contribution >= 0.6 is 0 Å². The molecule has 0 N–H and O–H groups in total. The quantitative estimate of drug-likeness (QED) is 0.314. The zero-order chi connectivity index (χ0) is 19.8. The Morgan fingerprint density at radius 2 is 1.50 bits per heavy atom. The van der Waals surface area contributed by atoms with Gasteiger partial charge in [0, 0.05) is 22.9 Å². The van der Waals surface area contributed by atoms with E-state index in [1.54, 1.807) is 6.92 Å². The number of carbonyl (C=O) groups excluding carboxylic acids is 1. The molecule has 0 spiro atoms. The monoisotopic (exact) mass is 373 g/mol. The van der Waals surface area contributed by atoms with Crippen molar-refractivity contribution in [3.8, 4) is 28.1 Å². The van der Waals surface area contributed by atoms with Crippen LogP contribution in [0, 0.1) is 0 Å². The number of ketones is 1. The van der Waals surface area contributed by atoms with Crippen LogP contribution in [0.1, 0.15) is 49.9 Å². The fourth-order valence-electron chi connectivity index (χ4n) is 3.07. The van der Waals surface area contributed by atoms with Gasteiger partial charge in [-0.3, -0.25) is 9.78 Å². The number of nitrogens with zero attached hydrogens (tertiary/aromatic N) is 1. The average Bonchev–Trinajstić information content (AvgIpc) is 2.74. The van der Waals surface area contributed by atoms with Crippen molar-refractivity contribution in [1.82, 2.24) is 4.98 Å². The largest absolute Gasteiger partial charge is 0.494 e. The number of rotatable bonds is 9. The first kappa shape index (κ1) is 19.8. The Balaban J connectivity index is 1.62. The van der Waals surface area contributed by atoms with Crippen LogP contribution in [-0.2, 0) is 0 Å². The number of hydrogen-bond acceptors (Lipinski definition) is 3. The highest BCUT2D eigenvalue weighted by Crippen LogP contribution is 2.24. The van der Waals surface area contributed by atoms with E-state index in [1.165, 1.54) is 19.3 Å². The average molecular weight is 373 g/mol. The van der Waals surface area contributed by atoms with Gasteiger partial charge in [0.25, 0.3) is 0 Å². The van der Waals surface area contributed by atoms with Gasteiger partial charge in [0.1, 0.15) is 5.75 Å². The van der Waals surface area contributed by atoms with Crippen molar-refractivity contribution in [3.63, 3.8) is 0 Å². The van der Waals surface area contributed by atoms with Crippen LogP contribution in [0.15, 0.2) is 66.9 Å². The van der Waals surface area contributed by atoms with Crippen molar-refractivity contribution >= 4 is 5.78 Å². The van der Waals surface area contributed by atoms with Gasteiger partial charge in [-0.1, -0.05) is 56.5 Å². The van der Waals surface area contributed by atoms with Gasteiger partial charge in [-0.15, -0.1) is 0 Å². The Kier molecular flexibility index (Phi) is 6.96. The van der Waals surface area contributed by atoms with E-state index in [9.17, 15) is 4.79 Å². The van der Waals surface area contributed by atoms with Crippen molar-refractivity contribution in [2.24, 2.45) is 0 Å². The maximum Gasteiger partial charge on any atom is 0.159 e. The molecule has 0 aliphatic rings. The molecule has 0 atom stereocenters. The van der Waals surface area contributed by atoms with E-state index in [4.69, 9.17) is 4.74 Å². The van der Waals surface area contributed by atoms with Crippen LogP contribution in [0.2, 0.25) is 0 Å². The van der Waals surface area contributed by atoms with E-state index >= 15 is 0 Å². The highest BCUT2D eigenvalue weighted by Gasteiger charge is 2.04. The molecule has 0 unspecified atom stereocenters. The fourth-order valence-corrected chi connectivity index (χ4v) is 3.07. The van der Waals surface area contributed by atoms with Crippen LogP contribution in [0.5, 0.6) is 5.75 Å². The van der Waals surface area contributed by atoms with Gasteiger partial charge in [-0.2, -0.15) is 0 Å². The molecule has 0 saturated heterocycles. The van der Waals surface area contributed by atoms with Crippen LogP contribution < -0.4 is 4.74 Å². The second-order valence-corrected chi connectivity index (χ2v) is 7.00. The molecule has 3 rings (SSSR count). The summed E-state index contributed by atoms with van der Waals surface area (Å²) in [5, 5.41) is 0. The van der Waals surface area contributed by atoms with E-state index in [0.717, 1.165) is 46.7 Å². The summed E-state index contributed by atoms with van der Waals surface area (Å²) in [6.45, 7) is 4.56. The molecule has 3 nitrogen and oxygen atoms in total. The Bertz CT molecular complexity index is 881. The van der Waals surface area contributed by atoms with Crippen molar-refractivity contribution < 1.29 is 9.53 Å². The van der Waals surface area contributed by atoms with Gasteiger partial charge in [0.15, 0.2) is 5.78 Å². The second kappa shape index (κ2) is 9.84. The summed E-state index contributed by atoms with van der Waals surface area (Å²) in [5.41, 5.74) is 4.80. The molecule has 1 aromatic heterocycles. The first-order chi connectivity index (χ1) is 13.7. The molecule has 0 amide bonds. The number of benzene rings is 2. The first-order valence-electron chi connectivity index (χ1n) is 9.98. The van der Waals surface area contributed by atoms with Gasteiger partial charge in [-0.25, -0.2) is 0 Å². The molecule has 0 aliphatic carbocycles. The minimum atomic E-state index is 0.0772. The second-order valence-electron chi connectivity index (χ2n) is 7.00. The van der Waals surface area contributed by atoms with Crippen LogP contribution in [0.3, 0.4) is 0 Å². The smallest absolute Gasteiger partial charge is 0.159 e. The van der Waals surface area contributed by atoms with Crippen molar-refractivity contribution in [3.05, 3.63) is 72.4 Å². The highest BCUT2D eigenvalue weighted by molar-refractivity contribution is 5.94. The lowest BCUT2D eigenvalue weighted by Crippen LogP contribution is -1.97. The number of ether oxygens (including phenoxy) is 1. The van der Waals surface area contributed by atoms with Crippen molar-refractivity contribution in [2.75, 3.05) is 6.61 Å². The van der Waals surface area contributed by atoms with Crippen LogP contribution in [-0.4, -0.2) is 17.4 Å². The number of pyridine rings is 1. The topological polar surface area (TPSA) is 39.2 Å². The minimum absolute atomic E-state index is 0.0772. The number of hydrogen-bond donors (Lipinski definition) is 0. The fraction of sp³-hybridized carbons (Fsp3) is 0.280. The standard InChI is InChI=1S/C25H27NO2/c1-3-4-5-6-17-28-24-14-11-22(12-15-24)25-16-13-23(18-26-25)21-9-7-20(8-10-21)19(2)27/h7-16,18H,3-6,17H2,1-2H3. The predicted octanol–water partition coefficient (Wildman–Crippen LogP) is 6.58. The Hall–Kier alpha value is -2.94. The van der Waals surface area contributed by atoms with Crippen LogP contribution in [0.4, 0.5) is 0 Å². The van der Waals surface area contributed by atoms with Gasteiger partial charge in [0.05, 0.1) is 12.3 Å². The SMILES string of the molecule is CCCCCCOc1ccc(-c2ccc(-c3ccc(C(C)=O)cc3)cn2)cc1. The van der Waals surface area contributed by atoms with E-state index in [2.05, 4.69) is 18.0 Å². The molecule has 0 aliphatic heterocycles. The third-order valence-electron chi connectivity index (χ3n) is 4.80. The maximum absolute atomic E-state index is 11.4. The molecule has 144 valence electrons. The summed E-state index contributed by atoms with van der Waals surface area (Å²) in [7, 11) is 0. The van der Waals surface area contributed by atoms with Gasteiger partial charge in [-0.05, 0) is 49.2 Å². The molecular formula is C25H27NO2. The number of carbonyl (C=O) groups is 1. The predicted molar refractivity (Wildman–Crippen MR) is 115 cm³/mol. The third kappa shape index (κ3) is 5.29. The number of aromatic nitrogens is 1. The molecule has 0 radical (unpaired) electrons. The Morgan fingerprint density at radius 3 is 2.11 bits per heavy atom. The first-order valence-corrected chi connectivity index (χ1v) is 9.98. The molecule has 1 heterocycles. The summed E-state index contributed by atoms with van der Waals surface area (Å²) in [4.78, 5) is 16.0. The maximum atomic E-state index is 11.4. The minimum Gasteiger partial charge on any atom is -0.494 e. The number of unbranched alkanes of at least 4 members (excludes halogenated alkanes) is 3. The third-order valence-corrected chi connectivity index (χ3v) is 4.80. The molecule has 0 bridgehead atoms. The molecule has 3 heteroatoms. The summed E-state index contributed by atoms with van der Waals surface area (Å²) >= 11 is 0. The molecule has 0 saturated carbocycles. The lowest BCUT2D eigenvalue weighted by atomic mass is 10.0. The summed E-state index contributed by atoms with van der Waals surface area (Å²) < 4.78 is 5.80. The molecule has 0 fully saturated rings. The number of Topliss-reactive ketones (excluding diaryl/α,β-unsaturated/α-hetero) is 1. The van der Waals surface area contributed by atoms with Gasteiger partial charge < -0.3 is 4.74 Å². The lowest BCUT2D eigenvalue weighted by molar-refractivity contribution is 0.101. The summed E-state index contributed by atoms with van der Waals surface area (Å²) in [5.74, 6) is 0.982.